The van der Waals surface area contributed by atoms with E-state index < -0.39 is 6.04 Å². The topological polar surface area (TPSA) is 47.6 Å². The van der Waals surface area contributed by atoms with E-state index in [4.69, 9.17) is 0 Å². The van der Waals surface area contributed by atoms with Crippen molar-refractivity contribution in [2.45, 2.75) is 19.0 Å². The van der Waals surface area contributed by atoms with Gasteiger partial charge >= 0.3 is 0 Å². The van der Waals surface area contributed by atoms with Crippen LogP contribution < -0.4 is 10.6 Å². The van der Waals surface area contributed by atoms with Gasteiger partial charge < -0.3 is 15.5 Å². The van der Waals surface area contributed by atoms with Crippen molar-refractivity contribution in [1.82, 2.24) is 15.1 Å². The summed E-state index contributed by atoms with van der Waals surface area (Å²) in [5.41, 5.74) is 2.90. The second-order valence-electron chi connectivity index (χ2n) is 7.63. The van der Waals surface area contributed by atoms with E-state index in [1.54, 1.807) is 6.07 Å². The lowest BCUT2D eigenvalue weighted by molar-refractivity contribution is -0.122. The summed E-state index contributed by atoms with van der Waals surface area (Å²) >= 11 is 0. The molecule has 164 valence electrons. The van der Waals surface area contributed by atoms with Crippen molar-refractivity contribution < 1.29 is 9.18 Å². The summed E-state index contributed by atoms with van der Waals surface area (Å²) in [6, 6.07) is 12.9. The maximum Gasteiger partial charge on any atom is 0.246 e. The second-order valence-corrected chi connectivity index (χ2v) is 7.63. The predicted molar refractivity (Wildman–Crippen MR) is 123 cm³/mol. The van der Waals surface area contributed by atoms with E-state index in [1.165, 1.54) is 0 Å². The summed E-state index contributed by atoms with van der Waals surface area (Å²) in [6.45, 7) is 4.88. The molecule has 5 nitrogen and oxygen atoms in total. The summed E-state index contributed by atoms with van der Waals surface area (Å²) in [7, 11) is 2.09. The zero-order chi connectivity index (χ0) is 19.5. The molecule has 0 aromatic heterocycles. The third kappa shape index (κ3) is 5.31. The molecule has 1 unspecified atom stereocenters. The van der Waals surface area contributed by atoms with Gasteiger partial charge in [-0.05, 0) is 42.8 Å². The van der Waals surface area contributed by atoms with Gasteiger partial charge in [-0.25, -0.2) is 4.39 Å². The molecule has 2 aromatic carbocycles. The van der Waals surface area contributed by atoms with Crippen LogP contribution in [0.25, 0.3) is 0 Å². The SMILES string of the molecule is CN1CCN(C(C(=O)Nc2ccc3c(c2F)CCNC3)c2ccccc2)CC1.Cl.Cl. The number of piperazine rings is 1. The Hall–Kier alpha value is -1.70. The van der Waals surface area contributed by atoms with Crippen molar-refractivity contribution in [2.75, 3.05) is 45.1 Å². The standard InChI is InChI=1S/C22H27FN4O.2ClH/c1-26-11-13-27(14-12-26)21(16-5-3-2-4-6-16)22(28)25-19-8-7-17-15-24-10-9-18(17)20(19)23;;/h2-8,21,24H,9-15H2,1H3,(H,25,28);2*1H. The first-order valence-electron chi connectivity index (χ1n) is 9.93. The van der Waals surface area contributed by atoms with Gasteiger partial charge in [-0.15, -0.1) is 24.8 Å². The van der Waals surface area contributed by atoms with E-state index in [1.807, 2.05) is 36.4 Å². The van der Waals surface area contributed by atoms with E-state index in [-0.39, 0.29) is 42.2 Å². The Morgan fingerprint density at radius 3 is 2.47 bits per heavy atom. The minimum Gasteiger partial charge on any atom is -0.322 e. The number of hydrogen-bond donors (Lipinski definition) is 2. The van der Waals surface area contributed by atoms with Crippen LogP contribution in [0, 0.1) is 5.82 Å². The van der Waals surface area contributed by atoms with Crippen molar-refractivity contribution >= 4 is 36.4 Å². The van der Waals surface area contributed by atoms with E-state index in [0.717, 1.165) is 43.9 Å². The molecule has 30 heavy (non-hydrogen) atoms. The molecule has 0 bridgehead atoms. The van der Waals surface area contributed by atoms with Gasteiger partial charge in [0.2, 0.25) is 5.91 Å². The number of benzene rings is 2. The number of nitrogens with one attached hydrogen (secondary N) is 2. The predicted octanol–water partition coefficient (Wildman–Crippen LogP) is 3.24. The van der Waals surface area contributed by atoms with Crippen LogP contribution in [-0.2, 0) is 17.8 Å². The van der Waals surface area contributed by atoms with Crippen molar-refractivity contribution in [3.8, 4) is 0 Å². The largest absolute Gasteiger partial charge is 0.322 e. The molecule has 0 saturated carbocycles. The van der Waals surface area contributed by atoms with Crippen molar-refractivity contribution in [3.05, 3.63) is 65.0 Å². The minimum atomic E-state index is -0.424. The molecule has 1 fully saturated rings. The Morgan fingerprint density at radius 2 is 1.77 bits per heavy atom. The molecule has 0 spiro atoms. The summed E-state index contributed by atoms with van der Waals surface area (Å²) in [6.07, 6.45) is 0.644. The van der Waals surface area contributed by atoms with Crippen LogP contribution in [0.4, 0.5) is 10.1 Å². The molecule has 1 saturated heterocycles. The molecule has 4 rings (SSSR count). The molecular weight excluding hydrogens is 426 g/mol. The highest BCUT2D eigenvalue weighted by molar-refractivity contribution is 5.95. The van der Waals surface area contributed by atoms with Gasteiger partial charge in [0.1, 0.15) is 11.9 Å². The molecule has 2 aromatic rings. The zero-order valence-corrected chi connectivity index (χ0v) is 18.7. The Balaban J connectivity index is 0.00000160. The number of nitrogens with zero attached hydrogens (tertiary/aromatic N) is 2. The van der Waals surface area contributed by atoms with Crippen LogP contribution in [0.1, 0.15) is 22.7 Å². The highest BCUT2D eigenvalue weighted by Crippen LogP contribution is 2.28. The van der Waals surface area contributed by atoms with Crippen molar-refractivity contribution in [3.63, 3.8) is 0 Å². The lowest BCUT2D eigenvalue weighted by Gasteiger charge is -2.37. The smallest absolute Gasteiger partial charge is 0.246 e. The molecule has 0 radical (unpaired) electrons. The van der Waals surface area contributed by atoms with Crippen LogP contribution in [0.2, 0.25) is 0 Å². The van der Waals surface area contributed by atoms with Crippen LogP contribution >= 0.6 is 24.8 Å². The van der Waals surface area contributed by atoms with E-state index in [0.29, 0.717) is 18.5 Å². The van der Waals surface area contributed by atoms with E-state index in [2.05, 4.69) is 27.5 Å². The first kappa shape index (κ1) is 24.6. The number of halogens is 3. The number of carbonyl (C=O) groups excluding carboxylic acids is 1. The number of amides is 1. The molecule has 8 heteroatoms. The summed E-state index contributed by atoms with van der Waals surface area (Å²) in [5, 5.41) is 6.13. The summed E-state index contributed by atoms with van der Waals surface area (Å²) in [5.74, 6) is -0.471. The maximum atomic E-state index is 15.0. The Morgan fingerprint density at radius 1 is 1.07 bits per heavy atom. The fraction of sp³-hybridized carbons (Fsp3) is 0.409. The van der Waals surface area contributed by atoms with Gasteiger partial charge in [0, 0.05) is 32.7 Å². The molecule has 2 aliphatic heterocycles. The lowest BCUT2D eigenvalue weighted by Crippen LogP contribution is -2.48. The fourth-order valence-corrected chi connectivity index (χ4v) is 4.07. The molecule has 2 aliphatic rings. The van der Waals surface area contributed by atoms with Gasteiger partial charge in [-0.2, -0.15) is 0 Å². The summed E-state index contributed by atoms with van der Waals surface area (Å²) < 4.78 is 15.0. The van der Waals surface area contributed by atoms with Gasteiger partial charge in [-0.3, -0.25) is 9.69 Å². The third-order valence-electron chi connectivity index (χ3n) is 5.73. The Kier molecular flexibility index (Phi) is 9.07. The maximum absolute atomic E-state index is 15.0. The number of hydrogen-bond acceptors (Lipinski definition) is 4. The number of likely N-dealkylation sites (N-methyl/N-ethyl adjacent to an activating group) is 1. The molecule has 0 aliphatic carbocycles. The van der Waals surface area contributed by atoms with Gasteiger partial charge in [0.25, 0.3) is 0 Å². The first-order chi connectivity index (χ1) is 13.6. The van der Waals surface area contributed by atoms with Gasteiger partial charge in [0.15, 0.2) is 0 Å². The third-order valence-corrected chi connectivity index (χ3v) is 5.73. The highest BCUT2D eigenvalue weighted by atomic mass is 35.5. The normalized spacial score (nSPS) is 17.8. The zero-order valence-electron chi connectivity index (χ0n) is 17.1. The minimum absolute atomic E-state index is 0. The van der Waals surface area contributed by atoms with Crippen LogP contribution in [0.5, 0.6) is 0 Å². The number of carbonyl (C=O) groups is 1. The van der Waals surface area contributed by atoms with Gasteiger partial charge in [-0.1, -0.05) is 36.4 Å². The van der Waals surface area contributed by atoms with Crippen LogP contribution in [0.3, 0.4) is 0 Å². The summed E-state index contributed by atoms with van der Waals surface area (Å²) in [4.78, 5) is 17.7. The molecule has 1 amide bonds. The highest BCUT2D eigenvalue weighted by Gasteiger charge is 2.30. The first-order valence-corrected chi connectivity index (χ1v) is 9.93. The Labute approximate surface area is 189 Å². The van der Waals surface area contributed by atoms with Crippen molar-refractivity contribution in [2.24, 2.45) is 0 Å². The van der Waals surface area contributed by atoms with E-state index in [9.17, 15) is 4.79 Å². The van der Waals surface area contributed by atoms with Crippen LogP contribution in [0.15, 0.2) is 42.5 Å². The van der Waals surface area contributed by atoms with Crippen molar-refractivity contribution in [1.29, 1.82) is 0 Å². The lowest BCUT2D eigenvalue weighted by atomic mass is 9.99. The monoisotopic (exact) mass is 454 g/mol. The quantitative estimate of drug-likeness (QED) is 0.744. The molecular formula is C22H29Cl2FN4O. The van der Waals surface area contributed by atoms with Crippen LogP contribution in [-0.4, -0.2) is 55.5 Å². The average Bonchev–Trinajstić information content (AvgIpc) is 2.73. The Bertz CT molecular complexity index is 845. The number of rotatable bonds is 4. The van der Waals surface area contributed by atoms with Gasteiger partial charge in [0.05, 0.1) is 5.69 Å². The average molecular weight is 455 g/mol. The number of anilines is 1. The fourth-order valence-electron chi connectivity index (χ4n) is 4.07. The molecule has 2 heterocycles. The number of fused-ring (bicyclic) bond motifs is 1. The second kappa shape index (κ2) is 11.1. The molecule has 2 N–H and O–H groups in total. The molecule has 1 atom stereocenters. The van der Waals surface area contributed by atoms with E-state index >= 15 is 4.39 Å².